The van der Waals surface area contributed by atoms with Crippen molar-refractivity contribution in [2.75, 3.05) is 5.32 Å². The highest BCUT2D eigenvalue weighted by atomic mass is 32.1. The topological polar surface area (TPSA) is 24.9 Å². The zero-order valence-corrected chi connectivity index (χ0v) is 13.1. The molecule has 2 rings (SSSR count). The van der Waals surface area contributed by atoms with Crippen LogP contribution in [-0.4, -0.2) is 10.5 Å². The second-order valence-corrected chi connectivity index (χ2v) is 7.16. The summed E-state index contributed by atoms with van der Waals surface area (Å²) in [6.07, 6.45) is 0. The first-order valence-corrected chi connectivity index (χ1v) is 7.53. The summed E-state index contributed by atoms with van der Waals surface area (Å²) in [4.78, 5) is 6.14. The molecule has 1 aromatic heterocycles. The Morgan fingerprint density at radius 2 is 1.74 bits per heavy atom. The van der Waals surface area contributed by atoms with Crippen LogP contribution in [0.2, 0.25) is 0 Å². The molecule has 0 amide bonds. The lowest BCUT2D eigenvalue weighted by atomic mass is 10.1. The van der Waals surface area contributed by atoms with Gasteiger partial charge in [0.2, 0.25) is 0 Å². The molecule has 0 atom stereocenters. The van der Waals surface area contributed by atoms with Gasteiger partial charge in [0.05, 0.1) is 5.69 Å². The molecule has 0 unspecified atom stereocenters. The van der Waals surface area contributed by atoms with Gasteiger partial charge in [-0.15, -0.1) is 11.3 Å². The van der Waals surface area contributed by atoms with Crippen molar-refractivity contribution in [2.45, 2.75) is 46.1 Å². The van der Waals surface area contributed by atoms with Gasteiger partial charge in [-0.05, 0) is 26.7 Å². The number of anilines is 1. The van der Waals surface area contributed by atoms with E-state index in [4.69, 9.17) is 4.98 Å². The van der Waals surface area contributed by atoms with Gasteiger partial charge in [-0.2, -0.15) is 0 Å². The third-order valence-corrected chi connectivity index (χ3v) is 3.98. The van der Waals surface area contributed by atoms with Gasteiger partial charge in [-0.1, -0.05) is 44.2 Å². The predicted octanol–water partition coefficient (Wildman–Crippen LogP) is 5.14. The largest absolute Gasteiger partial charge is 0.357 e. The van der Waals surface area contributed by atoms with Gasteiger partial charge in [0.25, 0.3) is 0 Å². The van der Waals surface area contributed by atoms with Crippen LogP contribution >= 0.6 is 11.3 Å². The molecule has 0 aliphatic rings. The van der Waals surface area contributed by atoms with Gasteiger partial charge in [-0.3, -0.25) is 0 Å². The third kappa shape index (κ3) is 3.57. The summed E-state index contributed by atoms with van der Waals surface area (Å²) in [7, 11) is 0. The van der Waals surface area contributed by atoms with Gasteiger partial charge in [0, 0.05) is 16.0 Å². The Labute approximate surface area is 119 Å². The fourth-order valence-electron chi connectivity index (χ4n) is 1.90. The van der Waals surface area contributed by atoms with Crippen LogP contribution in [0.4, 0.5) is 5.13 Å². The van der Waals surface area contributed by atoms with E-state index in [9.17, 15) is 0 Å². The van der Waals surface area contributed by atoms with Gasteiger partial charge in [0.15, 0.2) is 5.13 Å². The quantitative estimate of drug-likeness (QED) is 0.837. The molecular formula is C16H22N2S. The van der Waals surface area contributed by atoms with E-state index in [1.54, 1.807) is 11.3 Å². The van der Waals surface area contributed by atoms with Crippen LogP contribution in [0.3, 0.4) is 0 Å². The number of rotatable bonds is 3. The average molecular weight is 274 g/mol. The normalized spacial score (nSPS) is 11.9. The summed E-state index contributed by atoms with van der Waals surface area (Å²) < 4.78 is 0. The summed E-state index contributed by atoms with van der Waals surface area (Å²) in [5.74, 6) is 0.489. The summed E-state index contributed by atoms with van der Waals surface area (Å²) in [6.45, 7) is 10.9. The second-order valence-electron chi connectivity index (χ2n) is 6.13. The van der Waals surface area contributed by atoms with Gasteiger partial charge < -0.3 is 5.32 Å². The number of thiazole rings is 1. The van der Waals surface area contributed by atoms with E-state index in [1.165, 1.54) is 10.4 Å². The molecule has 0 bridgehead atoms. The van der Waals surface area contributed by atoms with Crippen molar-refractivity contribution in [3.05, 3.63) is 35.2 Å². The minimum Gasteiger partial charge on any atom is -0.357 e. The van der Waals surface area contributed by atoms with Crippen LogP contribution in [0.15, 0.2) is 30.3 Å². The smallest absolute Gasteiger partial charge is 0.183 e. The van der Waals surface area contributed by atoms with Gasteiger partial charge in [-0.25, -0.2) is 4.98 Å². The van der Waals surface area contributed by atoms with Crippen molar-refractivity contribution in [3.8, 4) is 11.3 Å². The molecular weight excluding hydrogens is 252 g/mol. The fourth-order valence-corrected chi connectivity index (χ4v) is 3.10. The molecule has 0 saturated heterocycles. The molecule has 0 fully saturated rings. The first kappa shape index (κ1) is 14.1. The Bertz CT molecular complexity index is 536. The van der Waals surface area contributed by atoms with Crippen LogP contribution in [0.1, 0.15) is 45.4 Å². The molecule has 0 radical (unpaired) electrons. The Morgan fingerprint density at radius 1 is 1.11 bits per heavy atom. The first-order chi connectivity index (χ1) is 8.87. The number of hydrogen-bond donors (Lipinski definition) is 1. The minimum absolute atomic E-state index is 0.0417. The maximum atomic E-state index is 4.79. The molecule has 0 aliphatic carbocycles. The van der Waals surface area contributed by atoms with E-state index in [2.05, 4.69) is 64.2 Å². The van der Waals surface area contributed by atoms with Crippen molar-refractivity contribution >= 4 is 16.5 Å². The molecule has 3 heteroatoms. The van der Waals surface area contributed by atoms with Crippen LogP contribution in [-0.2, 0) is 0 Å². The van der Waals surface area contributed by atoms with Crippen molar-refractivity contribution in [2.24, 2.45) is 0 Å². The first-order valence-electron chi connectivity index (χ1n) is 6.71. The van der Waals surface area contributed by atoms with E-state index in [0.29, 0.717) is 5.92 Å². The number of benzene rings is 1. The minimum atomic E-state index is 0.0417. The van der Waals surface area contributed by atoms with E-state index in [-0.39, 0.29) is 5.54 Å². The summed E-state index contributed by atoms with van der Waals surface area (Å²) in [5.41, 5.74) is 2.36. The van der Waals surface area contributed by atoms with E-state index in [1.807, 2.05) is 6.07 Å². The molecule has 19 heavy (non-hydrogen) atoms. The SMILES string of the molecule is CC(C)c1sc(NC(C)(C)C)nc1-c1ccccc1. The monoisotopic (exact) mass is 274 g/mol. The lowest BCUT2D eigenvalue weighted by molar-refractivity contribution is 0.633. The number of nitrogens with one attached hydrogen (secondary N) is 1. The molecule has 102 valence electrons. The number of nitrogens with zero attached hydrogens (tertiary/aromatic N) is 1. The Morgan fingerprint density at radius 3 is 2.26 bits per heavy atom. The highest BCUT2D eigenvalue weighted by Gasteiger charge is 2.18. The van der Waals surface area contributed by atoms with Crippen LogP contribution in [0, 0.1) is 0 Å². The van der Waals surface area contributed by atoms with Crippen LogP contribution in [0.25, 0.3) is 11.3 Å². The molecule has 1 aromatic carbocycles. The summed E-state index contributed by atoms with van der Waals surface area (Å²) in [6, 6.07) is 10.4. The lowest BCUT2D eigenvalue weighted by Crippen LogP contribution is -2.25. The number of hydrogen-bond acceptors (Lipinski definition) is 3. The van der Waals surface area contributed by atoms with Crippen molar-refractivity contribution < 1.29 is 0 Å². The second kappa shape index (κ2) is 5.33. The van der Waals surface area contributed by atoms with Crippen LogP contribution < -0.4 is 5.32 Å². The Kier molecular flexibility index (Phi) is 3.95. The van der Waals surface area contributed by atoms with E-state index in [0.717, 1.165) is 10.8 Å². The zero-order chi connectivity index (χ0) is 14.0. The van der Waals surface area contributed by atoms with Gasteiger partial charge in [0.1, 0.15) is 0 Å². The van der Waals surface area contributed by atoms with Crippen molar-refractivity contribution in [3.63, 3.8) is 0 Å². The van der Waals surface area contributed by atoms with Crippen molar-refractivity contribution in [1.29, 1.82) is 0 Å². The molecule has 1 N–H and O–H groups in total. The predicted molar refractivity (Wildman–Crippen MR) is 85.0 cm³/mol. The summed E-state index contributed by atoms with van der Waals surface area (Å²) in [5, 5.41) is 4.48. The Balaban J connectivity index is 2.42. The molecule has 0 saturated carbocycles. The van der Waals surface area contributed by atoms with Crippen molar-refractivity contribution in [1.82, 2.24) is 4.98 Å². The Hall–Kier alpha value is -1.35. The molecule has 0 aliphatic heterocycles. The van der Waals surface area contributed by atoms with E-state index >= 15 is 0 Å². The zero-order valence-electron chi connectivity index (χ0n) is 12.3. The van der Waals surface area contributed by atoms with E-state index < -0.39 is 0 Å². The fraction of sp³-hybridized carbons (Fsp3) is 0.438. The van der Waals surface area contributed by atoms with Crippen LogP contribution in [0.5, 0.6) is 0 Å². The lowest BCUT2D eigenvalue weighted by Gasteiger charge is -2.19. The standard InChI is InChI=1S/C16H22N2S/c1-11(2)14-13(12-9-7-6-8-10-12)17-15(19-14)18-16(3,4)5/h6-11H,1-5H3,(H,17,18). The highest BCUT2D eigenvalue weighted by molar-refractivity contribution is 7.16. The molecule has 0 spiro atoms. The number of aromatic nitrogens is 1. The molecule has 2 aromatic rings. The molecule has 2 nitrogen and oxygen atoms in total. The van der Waals surface area contributed by atoms with Gasteiger partial charge >= 0.3 is 0 Å². The average Bonchev–Trinajstić information content (AvgIpc) is 2.72. The maximum Gasteiger partial charge on any atom is 0.183 e. The third-order valence-electron chi connectivity index (χ3n) is 2.71. The molecule has 1 heterocycles. The highest BCUT2D eigenvalue weighted by Crippen LogP contribution is 2.36. The summed E-state index contributed by atoms with van der Waals surface area (Å²) >= 11 is 1.77. The maximum absolute atomic E-state index is 4.79.